The standard InChI is InChI=1S/C13H22O4/c1-11(2)9-12(10(14)3-6-15-12)4-5-13(11)16-7-8-17-13/h10,14H,3-9H2,1-2H3. The Morgan fingerprint density at radius 1 is 1.00 bits per heavy atom. The summed E-state index contributed by atoms with van der Waals surface area (Å²) < 4.78 is 17.6. The minimum absolute atomic E-state index is 0.118. The van der Waals surface area contributed by atoms with E-state index in [1.54, 1.807) is 0 Å². The average Bonchev–Trinajstić information content (AvgIpc) is 2.84. The molecule has 0 aromatic rings. The molecule has 2 aliphatic heterocycles. The molecule has 0 bridgehead atoms. The monoisotopic (exact) mass is 242 g/mol. The zero-order valence-electron chi connectivity index (χ0n) is 10.7. The molecule has 3 rings (SSSR count). The van der Waals surface area contributed by atoms with Gasteiger partial charge in [0, 0.05) is 11.8 Å². The molecule has 3 fully saturated rings. The molecule has 0 amide bonds. The first kappa shape index (κ1) is 11.9. The minimum atomic E-state index is -0.454. The first-order chi connectivity index (χ1) is 8.00. The van der Waals surface area contributed by atoms with E-state index in [0.29, 0.717) is 19.8 Å². The van der Waals surface area contributed by atoms with Crippen LogP contribution in [0.2, 0.25) is 0 Å². The van der Waals surface area contributed by atoms with Crippen LogP contribution in [-0.4, -0.2) is 42.4 Å². The predicted octanol–water partition coefficient (Wildman–Crippen LogP) is 1.46. The van der Waals surface area contributed by atoms with E-state index in [1.807, 2.05) is 0 Å². The van der Waals surface area contributed by atoms with Gasteiger partial charge in [-0.1, -0.05) is 13.8 Å². The first-order valence-electron chi connectivity index (χ1n) is 6.60. The van der Waals surface area contributed by atoms with Crippen LogP contribution in [0, 0.1) is 5.41 Å². The maximum atomic E-state index is 10.2. The fourth-order valence-electron chi connectivity index (χ4n) is 3.82. The Morgan fingerprint density at radius 3 is 2.24 bits per heavy atom. The van der Waals surface area contributed by atoms with Crippen LogP contribution in [0.15, 0.2) is 0 Å². The van der Waals surface area contributed by atoms with Crippen LogP contribution in [0.1, 0.15) is 39.5 Å². The highest BCUT2D eigenvalue weighted by atomic mass is 16.7. The van der Waals surface area contributed by atoms with Crippen molar-refractivity contribution in [3.05, 3.63) is 0 Å². The first-order valence-corrected chi connectivity index (χ1v) is 6.60. The Morgan fingerprint density at radius 2 is 1.71 bits per heavy atom. The molecule has 2 spiro atoms. The summed E-state index contributed by atoms with van der Waals surface area (Å²) in [6.07, 6.45) is 2.88. The predicted molar refractivity (Wildman–Crippen MR) is 61.6 cm³/mol. The van der Waals surface area contributed by atoms with E-state index in [9.17, 15) is 5.11 Å². The lowest BCUT2D eigenvalue weighted by Crippen LogP contribution is -2.58. The lowest BCUT2D eigenvalue weighted by atomic mass is 9.64. The third kappa shape index (κ3) is 1.58. The molecule has 0 radical (unpaired) electrons. The Balaban J connectivity index is 1.85. The van der Waals surface area contributed by atoms with Gasteiger partial charge >= 0.3 is 0 Å². The maximum absolute atomic E-state index is 10.2. The van der Waals surface area contributed by atoms with Crippen molar-refractivity contribution in [2.24, 2.45) is 5.41 Å². The van der Waals surface area contributed by atoms with Gasteiger partial charge in [0.1, 0.15) is 0 Å². The lowest BCUT2D eigenvalue weighted by molar-refractivity contribution is -0.278. The van der Waals surface area contributed by atoms with Crippen molar-refractivity contribution in [2.45, 2.75) is 57.0 Å². The number of rotatable bonds is 0. The van der Waals surface area contributed by atoms with Crippen molar-refractivity contribution in [1.82, 2.24) is 0 Å². The topological polar surface area (TPSA) is 47.9 Å². The number of aliphatic hydroxyl groups is 1. The van der Waals surface area contributed by atoms with E-state index in [1.165, 1.54) is 0 Å². The Kier molecular flexibility index (Phi) is 2.57. The van der Waals surface area contributed by atoms with Gasteiger partial charge in [0.25, 0.3) is 0 Å². The van der Waals surface area contributed by atoms with Gasteiger partial charge in [-0.25, -0.2) is 0 Å². The van der Waals surface area contributed by atoms with Gasteiger partial charge in [0.05, 0.1) is 31.5 Å². The molecular formula is C13H22O4. The molecule has 98 valence electrons. The van der Waals surface area contributed by atoms with Crippen molar-refractivity contribution in [1.29, 1.82) is 0 Å². The van der Waals surface area contributed by atoms with Crippen LogP contribution in [0.4, 0.5) is 0 Å². The van der Waals surface area contributed by atoms with E-state index >= 15 is 0 Å². The zero-order chi connectivity index (χ0) is 12.1. The molecule has 2 atom stereocenters. The molecule has 17 heavy (non-hydrogen) atoms. The Hall–Kier alpha value is -0.160. The molecule has 4 nitrogen and oxygen atoms in total. The number of ether oxygens (including phenoxy) is 3. The third-order valence-corrected chi connectivity index (χ3v) is 4.79. The van der Waals surface area contributed by atoms with Gasteiger partial charge in [-0.2, -0.15) is 0 Å². The van der Waals surface area contributed by atoms with Crippen molar-refractivity contribution in [3.63, 3.8) is 0 Å². The molecule has 3 aliphatic rings. The van der Waals surface area contributed by atoms with E-state index in [4.69, 9.17) is 14.2 Å². The quantitative estimate of drug-likeness (QED) is 0.698. The van der Waals surface area contributed by atoms with Gasteiger partial charge in [0.2, 0.25) is 0 Å². The molecule has 1 saturated carbocycles. The summed E-state index contributed by atoms with van der Waals surface area (Å²) >= 11 is 0. The van der Waals surface area contributed by atoms with Crippen LogP contribution in [0.25, 0.3) is 0 Å². The second-order valence-corrected chi connectivity index (χ2v) is 6.23. The van der Waals surface area contributed by atoms with Crippen molar-refractivity contribution >= 4 is 0 Å². The molecule has 0 aromatic carbocycles. The summed E-state index contributed by atoms with van der Waals surface area (Å²) in [5.41, 5.74) is -0.475. The molecule has 2 heterocycles. The average molecular weight is 242 g/mol. The van der Waals surface area contributed by atoms with Gasteiger partial charge in [-0.15, -0.1) is 0 Å². The fraction of sp³-hybridized carbons (Fsp3) is 1.00. The van der Waals surface area contributed by atoms with Crippen molar-refractivity contribution in [3.8, 4) is 0 Å². The van der Waals surface area contributed by atoms with Crippen LogP contribution in [-0.2, 0) is 14.2 Å². The van der Waals surface area contributed by atoms with Gasteiger partial charge < -0.3 is 19.3 Å². The van der Waals surface area contributed by atoms with Gasteiger partial charge in [-0.05, 0) is 19.3 Å². The van der Waals surface area contributed by atoms with Crippen LogP contribution in [0.3, 0.4) is 0 Å². The molecular weight excluding hydrogens is 220 g/mol. The maximum Gasteiger partial charge on any atom is 0.173 e. The van der Waals surface area contributed by atoms with Gasteiger partial charge in [-0.3, -0.25) is 0 Å². The SMILES string of the molecule is CC1(C)CC2(CCC13OCCO3)OCCC2O. The Bertz CT molecular complexity index is 309. The van der Waals surface area contributed by atoms with E-state index < -0.39 is 5.79 Å². The van der Waals surface area contributed by atoms with E-state index in [-0.39, 0.29) is 17.1 Å². The highest BCUT2D eigenvalue weighted by molar-refractivity contribution is 5.07. The van der Waals surface area contributed by atoms with Crippen molar-refractivity contribution < 1.29 is 19.3 Å². The van der Waals surface area contributed by atoms with Crippen LogP contribution in [0.5, 0.6) is 0 Å². The van der Waals surface area contributed by atoms with Gasteiger partial charge in [0.15, 0.2) is 5.79 Å². The summed E-state index contributed by atoms with van der Waals surface area (Å²) in [6.45, 7) is 6.35. The Labute approximate surface area is 102 Å². The molecule has 1 aliphatic carbocycles. The largest absolute Gasteiger partial charge is 0.390 e. The minimum Gasteiger partial charge on any atom is -0.390 e. The smallest absolute Gasteiger partial charge is 0.173 e. The van der Waals surface area contributed by atoms with E-state index in [2.05, 4.69) is 13.8 Å². The highest BCUT2D eigenvalue weighted by Crippen LogP contribution is 2.55. The number of aliphatic hydroxyl groups excluding tert-OH is 1. The third-order valence-electron chi connectivity index (χ3n) is 4.79. The summed E-state index contributed by atoms with van der Waals surface area (Å²) in [5, 5.41) is 10.2. The fourth-order valence-corrected chi connectivity index (χ4v) is 3.82. The number of hydrogen-bond acceptors (Lipinski definition) is 4. The van der Waals surface area contributed by atoms with Crippen LogP contribution >= 0.6 is 0 Å². The summed E-state index contributed by atoms with van der Waals surface area (Å²) in [5.74, 6) is -0.454. The zero-order valence-corrected chi connectivity index (χ0v) is 10.7. The summed E-state index contributed by atoms with van der Waals surface area (Å²) in [7, 11) is 0. The number of hydrogen-bond donors (Lipinski definition) is 1. The molecule has 2 unspecified atom stereocenters. The summed E-state index contributed by atoms with van der Waals surface area (Å²) in [6, 6.07) is 0. The molecule has 4 heteroatoms. The molecule has 0 aromatic heterocycles. The van der Waals surface area contributed by atoms with Crippen LogP contribution < -0.4 is 0 Å². The second-order valence-electron chi connectivity index (χ2n) is 6.23. The molecule has 1 N–H and O–H groups in total. The molecule has 2 saturated heterocycles. The van der Waals surface area contributed by atoms with Crippen molar-refractivity contribution in [2.75, 3.05) is 19.8 Å². The highest BCUT2D eigenvalue weighted by Gasteiger charge is 2.60. The lowest BCUT2D eigenvalue weighted by Gasteiger charge is -2.52. The van der Waals surface area contributed by atoms with E-state index in [0.717, 1.165) is 25.7 Å². The normalized spacial score (nSPS) is 43.6. The second kappa shape index (κ2) is 3.67. The summed E-state index contributed by atoms with van der Waals surface area (Å²) in [4.78, 5) is 0.